The summed E-state index contributed by atoms with van der Waals surface area (Å²) in [6, 6.07) is 5.79. The number of hydrogen-bond donors (Lipinski definition) is 0. The molecule has 0 saturated heterocycles. The van der Waals surface area contributed by atoms with E-state index in [-0.39, 0.29) is 0 Å². The maximum Gasteiger partial charge on any atom is 0.200 e. The van der Waals surface area contributed by atoms with E-state index in [4.69, 9.17) is 4.98 Å². The molecule has 0 spiro atoms. The molecule has 0 bridgehead atoms. The first-order valence-corrected chi connectivity index (χ1v) is 8.49. The largest absolute Gasteiger partial charge is 0.253 e. The molecular weight excluding hydrogens is 272 g/mol. The summed E-state index contributed by atoms with van der Waals surface area (Å²) < 4.78 is 0. The van der Waals surface area contributed by atoms with Crippen LogP contribution in [-0.4, -0.2) is 20.2 Å². The molecule has 2 rings (SSSR count). The third-order valence-electron chi connectivity index (χ3n) is 3.77. The van der Waals surface area contributed by atoms with Crippen LogP contribution < -0.4 is 0 Å². The summed E-state index contributed by atoms with van der Waals surface area (Å²) in [7, 11) is 0. The van der Waals surface area contributed by atoms with Gasteiger partial charge in [0, 0.05) is 6.20 Å². The molecule has 0 aliphatic rings. The van der Waals surface area contributed by atoms with Crippen LogP contribution in [0, 0.1) is 0 Å². The maximum absolute atomic E-state index is 4.76. The first kappa shape index (κ1) is 16.5. The third-order valence-corrected chi connectivity index (χ3v) is 3.77. The van der Waals surface area contributed by atoms with Gasteiger partial charge in [-0.2, -0.15) is 5.10 Å². The molecule has 0 N–H and O–H groups in total. The summed E-state index contributed by atoms with van der Waals surface area (Å²) >= 11 is 0. The van der Waals surface area contributed by atoms with Crippen molar-refractivity contribution in [2.75, 3.05) is 0 Å². The van der Waals surface area contributed by atoms with E-state index in [0.29, 0.717) is 5.82 Å². The lowest BCUT2D eigenvalue weighted by molar-refractivity contribution is 0.660. The van der Waals surface area contributed by atoms with Crippen molar-refractivity contribution in [3.63, 3.8) is 0 Å². The quantitative estimate of drug-likeness (QED) is 0.644. The van der Waals surface area contributed by atoms with Gasteiger partial charge in [0.2, 0.25) is 5.82 Å². The molecule has 0 fully saturated rings. The van der Waals surface area contributed by atoms with Crippen molar-refractivity contribution in [1.82, 2.24) is 20.2 Å². The van der Waals surface area contributed by atoms with Gasteiger partial charge in [0.25, 0.3) is 0 Å². The molecule has 0 unspecified atom stereocenters. The monoisotopic (exact) mass is 298 g/mol. The van der Waals surface area contributed by atoms with E-state index in [1.165, 1.54) is 25.7 Å². The summed E-state index contributed by atoms with van der Waals surface area (Å²) in [5, 5.41) is 8.75. The van der Waals surface area contributed by atoms with Gasteiger partial charge in [-0.25, -0.2) is 4.98 Å². The Labute approximate surface area is 133 Å². The Morgan fingerprint density at radius 1 is 0.818 bits per heavy atom. The summed E-state index contributed by atoms with van der Waals surface area (Å²) in [5.41, 5.74) is 2.98. The number of rotatable bonds is 9. The summed E-state index contributed by atoms with van der Waals surface area (Å²) in [6.45, 7) is 4.44. The fourth-order valence-electron chi connectivity index (χ4n) is 2.46. The van der Waals surface area contributed by atoms with E-state index >= 15 is 0 Å². The molecule has 0 saturated carbocycles. The van der Waals surface area contributed by atoms with Crippen molar-refractivity contribution in [2.45, 2.75) is 65.2 Å². The van der Waals surface area contributed by atoms with E-state index in [1.807, 2.05) is 18.2 Å². The zero-order valence-corrected chi connectivity index (χ0v) is 13.8. The third kappa shape index (κ3) is 4.86. The normalized spacial score (nSPS) is 10.8. The number of hydrogen-bond acceptors (Lipinski definition) is 4. The fourth-order valence-corrected chi connectivity index (χ4v) is 2.46. The zero-order chi connectivity index (χ0) is 15.6. The Morgan fingerprint density at radius 2 is 1.55 bits per heavy atom. The second-order valence-corrected chi connectivity index (χ2v) is 5.66. The standard InChI is InChI=1S/C18H26N4/c1-3-5-7-11-15-16(12-8-6-4-2)21-22-18(20-15)17-13-9-10-14-19-17/h9-10,13-14H,3-8,11-12H2,1-2H3. The van der Waals surface area contributed by atoms with Gasteiger partial charge < -0.3 is 0 Å². The van der Waals surface area contributed by atoms with Crippen LogP contribution in [0.25, 0.3) is 11.5 Å². The Morgan fingerprint density at radius 3 is 2.18 bits per heavy atom. The molecule has 4 heteroatoms. The molecule has 0 amide bonds. The molecule has 0 atom stereocenters. The average Bonchev–Trinajstić information content (AvgIpc) is 2.57. The predicted molar refractivity (Wildman–Crippen MR) is 89.5 cm³/mol. The van der Waals surface area contributed by atoms with Gasteiger partial charge in [-0.1, -0.05) is 45.6 Å². The van der Waals surface area contributed by atoms with Gasteiger partial charge in [-0.15, -0.1) is 5.10 Å². The Balaban J connectivity index is 2.18. The second kappa shape index (κ2) is 9.23. The molecule has 2 aromatic rings. The van der Waals surface area contributed by atoms with Crippen molar-refractivity contribution in [2.24, 2.45) is 0 Å². The van der Waals surface area contributed by atoms with Crippen LogP contribution in [0.4, 0.5) is 0 Å². The minimum atomic E-state index is 0.645. The van der Waals surface area contributed by atoms with E-state index in [9.17, 15) is 0 Å². The molecule has 2 aromatic heterocycles. The highest BCUT2D eigenvalue weighted by molar-refractivity contribution is 5.47. The molecule has 0 aliphatic carbocycles. The first-order valence-electron chi connectivity index (χ1n) is 8.49. The van der Waals surface area contributed by atoms with Crippen molar-refractivity contribution in [3.8, 4) is 11.5 Å². The molecule has 4 nitrogen and oxygen atoms in total. The van der Waals surface area contributed by atoms with Crippen LogP contribution >= 0.6 is 0 Å². The van der Waals surface area contributed by atoms with E-state index < -0.39 is 0 Å². The van der Waals surface area contributed by atoms with Crippen molar-refractivity contribution in [3.05, 3.63) is 35.8 Å². The predicted octanol–water partition coefficient (Wildman–Crippen LogP) is 4.40. The maximum atomic E-state index is 4.76. The topological polar surface area (TPSA) is 51.6 Å². The first-order chi connectivity index (χ1) is 10.8. The molecule has 118 valence electrons. The van der Waals surface area contributed by atoms with Gasteiger partial charge in [0.15, 0.2) is 0 Å². The Hall–Kier alpha value is -1.84. The molecule has 0 aromatic carbocycles. The van der Waals surface area contributed by atoms with Crippen LogP contribution in [0.5, 0.6) is 0 Å². The van der Waals surface area contributed by atoms with Gasteiger partial charge in [0.1, 0.15) is 5.69 Å². The summed E-state index contributed by atoms with van der Waals surface area (Å²) in [4.78, 5) is 9.08. The molecule has 0 radical (unpaired) electrons. The van der Waals surface area contributed by atoms with Crippen LogP contribution in [0.2, 0.25) is 0 Å². The van der Waals surface area contributed by atoms with Crippen molar-refractivity contribution in [1.29, 1.82) is 0 Å². The highest BCUT2D eigenvalue weighted by atomic mass is 15.2. The number of unbranched alkanes of at least 4 members (excludes halogenated alkanes) is 4. The SMILES string of the molecule is CCCCCc1nnc(-c2ccccn2)nc1CCCCC. The van der Waals surface area contributed by atoms with E-state index in [2.05, 4.69) is 29.0 Å². The van der Waals surface area contributed by atoms with Crippen LogP contribution in [0.1, 0.15) is 63.8 Å². The lowest BCUT2D eigenvalue weighted by Gasteiger charge is -2.08. The molecule has 0 aliphatic heterocycles. The summed E-state index contributed by atoms with van der Waals surface area (Å²) in [6.07, 6.45) is 11.0. The second-order valence-electron chi connectivity index (χ2n) is 5.66. The van der Waals surface area contributed by atoms with E-state index in [1.54, 1.807) is 6.20 Å². The smallest absolute Gasteiger partial charge is 0.200 e. The molecular formula is C18H26N4. The van der Waals surface area contributed by atoms with Crippen molar-refractivity contribution < 1.29 is 0 Å². The minimum absolute atomic E-state index is 0.645. The van der Waals surface area contributed by atoms with E-state index in [0.717, 1.165) is 42.8 Å². The van der Waals surface area contributed by atoms with Gasteiger partial charge in [-0.3, -0.25) is 4.98 Å². The highest BCUT2D eigenvalue weighted by Crippen LogP contribution is 2.16. The minimum Gasteiger partial charge on any atom is -0.253 e. The van der Waals surface area contributed by atoms with Gasteiger partial charge >= 0.3 is 0 Å². The van der Waals surface area contributed by atoms with Crippen LogP contribution in [0.3, 0.4) is 0 Å². The number of aryl methyl sites for hydroxylation is 2. The Bertz CT molecular complexity index is 554. The van der Waals surface area contributed by atoms with Crippen molar-refractivity contribution >= 4 is 0 Å². The summed E-state index contributed by atoms with van der Waals surface area (Å²) in [5.74, 6) is 0.645. The average molecular weight is 298 g/mol. The number of aromatic nitrogens is 4. The molecule has 22 heavy (non-hydrogen) atoms. The Kier molecular flexibility index (Phi) is 6.94. The lowest BCUT2D eigenvalue weighted by Crippen LogP contribution is -2.07. The lowest BCUT2D eigenvalue weighted by atomic mass is 10.1. The number of pyridine rings is 1. The zero-order valence-electron chi connectivity index (χ0n) is 13.8. The van der Waals surface area contributed by atoms with Crippen LogP contribution in [0.15, 0.2) is 24.4 Å². The highest BCUT2D eigenvalue weighted by Gasteiger charge is 2.11. The van der Waals surface area contributed by atoms with Gasteiger partial charge in [0.05, 0.1) is 11.4 Å². The fraction of sp³-hybridized carbons (Fsp3) is 0.556. The number of nitrogens with zero attached hydrogens (tertiary/aromatic N) is 4. The van der Waals surface area contributed by atoms with Crippen LogP contribution in [-0.2, 0) is 12.8 Å². The van der Waals surface area contributed by atoms with Gasteiger partial charge in [-0.05, 0) is 37.8 Å². The molecule has 2 heterocycles.